The summed E-state index contributed by atoms with van der Waals surface area (Å²) in [5, 5.41) is 3.59. The van der Waals surface area contributed by atoms with Crippen molar-refractivity contribution in [2.24, 2.45) is 0 Å². The molecule has 0 radical (unpaired) electrons. The van der Waals surface area contributed by atoms with Crippen LogP contribution in [0.25, 0.3) is 0 Å². The first-order valence-electron chi connectivity index (χ1n) is 10.2. The second kappa shape index (κ2) is 11.0. The van der Waals surface area contributed by atoms with Gasteiger partial charge in [-0.25, -0.2) is 0 Å². The molecular weight excluding hydrogens is 384 g/mol. The lowest BCUT2D eigenvalue weighted by molar-refractivity contribution is -0.140. The predicted molar refractivity (Wildman–Crippen MR) is 119 cm³/mol. The number of halogens is 1. The van der Waals surface area contributed by atoms with E-state index in [1.807, 2.05) is 38.1 Å². The van der Waals surface area contributed by atoms with Crippen molar-refractivity contribution >= 4 is 23.4 Å². The first-order chi connectivity index (χ1) is 13.8. The molecule has 0 unspecified atom stereocenters. The van der Waals surface area contributed by atoms with Crippen LogP contribution in [-0.2, 0) is 22.6 Å². The average molecular weight is 415 g/mol. The molecule has 1 atom stereocenters. The van der Waals surface area contributed by atoms with Crippen LogP contribution in [0.15, 0.2) is 42.5 Å². The largest absolute Gasteiger partial charge is 0.354 e. The number of aryl methyl sites for hydroxylation is 2. The molecule has 156 valence electrons. The molecule has 0 saturated carbocycles. The van der Waals surface area contributed by atoms with E-state index in [2.05, 4.69) is 18.3 Å². The van der Waals surface area contributed by atoms with E-state index >= 15 is 0 Å². The average Bonchev–Trinajstić information content (AvgIpc) is 2.66. The van der Waals surface area contributed by atoms with Crippen molar-refractivity contribution < 1.29 is 9.59 Å². The number of amides is 2. The Morgan fingerprint density at radius 3 is 2.24 bits per heavy atom. The predicted octanol–water partition coefficient (Wildman–Crippen LogP) is 4.83. The van der Waals surface area contributed by atoms with Gasteiger partial charge in [-0.1, -0.05) is 66.4 Å². The first kappa shape index (κ1) is 23.0. The zero-order chi connectivity index (χ0) is 21.4. The molecule has 0 fully saturated rings. The zero-order valence-electron chi connectivity index (χ0n) is 17.8. The van der Waals surface area contributed by atoms with Gasteiger partial charge in [0.15, 0.2) is 0 Å². The lowest BCUT2D eigenvalue weighted by atomic mass is 10.0. The van der Waals surface area contributed by atoms with Crippen molar-refractivity contribution in [2.75, 3.05) is 6.54 Å². The van der Waals surface area contributed by atoms with Crippen LogP contribution in [0.5, 0.6) is 0 Å². The van der Waals surface area contributed by atoms with Gasteiger partial charge >= 0.3 is 0 Å². The summed E-state index contributed by atoms with van der Waals surface area (Å²) >= 11 is 5.99. The molecular formula is C24H31ClN2O2. The molecule has 29 heavy (non-hydrogen) atoms. The normalized spacial score (nSPS) is 11.8. The van der Waals surface area contributed by atoms with Crippen LogP contribution >= 0.6 is 11.6 Å². The van der Waals surface area contributed by atoms with Gasteiger partial charge in [0.1, 0.15) is 6.04 Å². The first-order valence-corrected chi connectivity index (χ1v) is 10.6. The van der Waals surface area contributed by atoms with Gasteiger partial charge in [-0.15, -0.1) is 0 Å². The van der Waals surface area contributed by atoms with Crippen LogP contribution in [-0.4, -0.2) is 29.3 Å². The second-order valence-corrected chi connectivity index (χ2v) is 8.08. The Bertz CT molecular complexity index is 813. The van der Waals surface area contributed by atoms with Gasteiger partial charge in [0.2, 0.25) is 11.8 Å². The molecule has 4 nitrogen and oxygen atoms in total. The zero-order valence-corrected chi connectivity index (χ0v) is 18.6. The Hall–Kier alpha value is -2.33. The Morgan fingerprint density at radius 2 is 1.66 bits per heavy atom. The summed E-state index contributed by atoms with van der Waals surface area (Å²) in [6, 6.07) is 13.0. The summed E-state index contributed by atoms with van der Waals surface area (Å²) in [7, 11) is 0. The summed E-state index contributed by atoms with van der Waals surface area (Å²) in [6.07, 6.45) is 2.20. The number of rotatable bonds is 9. The highest BCUT2D eigenvalue weighted by molar-refractivity contribution is 6.30. The van der Waals surface area contributed by atoms with Crippen molar-refractivity contribution in [1.82, 2.24) is 10.2 Å². The van der Waals surface area contributed by atoms with E-state index in [9.17, 15) is 9.59 Å². The highest BCUT2D eigenvalue weighted by Gasteiger charge is 2.26. The standard InChI is InChI=1S/C24H31ClN2O2/c1-5-6-11-26-24(29)19(4)27(16-20-7-9-22(25)10-8-20)23(28)15-21-13-17(2)12-18(3)14-21/h7-10,12-14,19H,5-6,11,15-16H2,1-4H3,(H,26,29)/t19-/m1/s1. The van der Waals surface area contributed by atoms with E-state index in [1.165, 1.54) is 0 Å². The summed E-state index contributed by atoms with van der Waals surface area (Å²) in [5.41, 5.74) is 4.16. The Balaban J connectivity index is 2.20. The van der Waals surface area contributed by atoms with Gasteiger partial charge in [-0.2, -0.15) is 0 Å². The van der Waals surface area contributed by atoms with E-state index in [4.69, 9.17) is 11.6 Å². The van der Waals surface area contributed by atoms with Gasteiger partial charge < -0.3 is 10.2 Å². The number of carbonyl (C=O) groups is 2. The minimum absolute atomic E-state index is 0.0666. The Labute approximate surface area is 179 Å². The van der Waals surface area contributed by atoms with Gasteiger partial charge in [0, 0.05) is 18.1 Å². The molecule has 2 amide bonds. The van der Waals surface area contributed by atoms with Crippen LogP contribution in [0.3, 0.4) is 0 Å². The molecule has 0 aliphatic carbocycles. The lowest BCUT2D eigenvalue weighted by Gasteiger charge is -2.29. The monoisotopic (exact) mass is 414 g/mol. The number of carbonyl (C=O) groups excluding carboxylic acids is 2. The van der Waals surface area contributed by atoms with E-state index in [-0.39, 0.29) is 18.2 Å². The maximum atomic E-state index is 13.2. The molecule has 0 aromatic heterocycles. The van der Waals surface area contributed by atoms with Crippen LogP contribution in [0, 0.1) is 13.8 Å². The molecule has 2 rings (SSSR count). The van der Waals surface area contributed by atoms with Gasteiger partial charge in [0.05, 0.1) is 6.42 Å². The van der Waals surface area contributed by atoms with Gasteiger partial charge in [-0.3, -0.25) is 9.59 Å². The molecule has 0 aliphatic rings. The van der Waals surface area contributed by atoms with E-state index < -0.39 is 6.04 Å². The van der Waals surface area contributed by atoms with E-state index in [1.54, 1.807) is 24.0 Å². The quantitative estimate of drug-likeness (QED) is 0.597. The smallest absolute Gasteiger partial charge is 0.242 e. The number of hydrogen-bond donors (Lipinski definition) is 1. The number of nitrogens with zero attached hydrogens (tertiary/aromatic N) is 1. The Kier molecular flexibility index (Phi) is 8.71. The summed E-state index contributed by atoms with van der Waals surface area (Å²) in [5.74, 6) is -0.190. The maximum absolute atomic E-state index is 13.2. The van der Waals surface area contributed by atoms with Crippen molar-refractivity contribution in [1.29, 1.82) is 0 Å². The molecule has 0 heterocycles. The van der Waals surface area contributed by atoms with Crippen LogP contribution in [0.2, 0.25) is 5.02 Å². The fourth-order valence-electron chi connectivity index (χ4n) is 3.35. The number of hydrogen-bond acceptors (Lipinski definition) is 2. The fraction of sp³-hybridized carbons (Fsp3) is 0.417. The van der Waals surface area contributed by atoms with E-state index in [0.717, 1.165) is 35.1 Å². The van der Waals surface area contributed by atoms with Crippen molar-refractivity contribution in [3.63, 3.8) is 0 Å². The highest BCUT2D eigenvalue weighted by atomic mass is 35.5. The minimum atomic E-state index is -0.555. The third-order valence-corrected chi connectivity index (χ3v) is 5.15. The summed E-state index contributed by atoms with van der Waals surface area (Å²) < 4.78 is 0. The minimum Gasteiger partial charge on any atom is -0.354 e. The van der Waals surface area contributed by atoms with Crippen molar-refractivity contribution in [3.05, 3.63) is 69.7 Å². The number of unbranched alkanes of at least 4 members (excludes halogenated alkanes) is 1. The van der Waals surface area contributed by atoms with Gasteiger partial charge in [0.25, 0.3) is 0 Å². The molecule has 2 aromatic rings. The van der Waals surface area contributed by atoms with Crippen LogP contribution in [0.4, 0.5) is 0 Å². The molecule has 0 aliphatic heterocycles. The maximum Gasteiger partial charge on any atom is 0.242 e. The molecule has 0 bridgehead atoms. The third kappa shape index (κ3) is 7.21. The van der Waals surface area contributed by atoms with Gasteiger partial charge in [-0.05, 0) is 50.5 Å². The van der Waals surface area contributed by atoms with Crippen LogP contribution < -0.4 is 5.32 Å². The summed E-state index contributed by atoms with van der Waals surface area (Å²) in [6.45, 7) is 8.90. The SMILES string of the molecule is CCCCNC(=O)[C@@H](C)N(Cc1ccc(Cl)cc1)C(=O)Cc1cc(C)cc(C)c1. The highest BCUT2D eigenvalue weighted by Crippen LogP contribution is 2.16. The molecule has 0 saturated heterocycles. The molecule has 0 spiro atoms. The number of nitrogens with one attached hydrogen (secondary N) is 1. The Morgan fingerprint density at radius 1 is 1.03 bits per heavy atom. The van der Waals surface area contributed by atoms with Crippen molar-refractivity contribution in [2.45, 2.75) is 59.5 Å². The molecule has 1 N–H and O–H groups in total. The van der Waals surface area contributed by atoms with Crippen LogP contribution in [0.1, 0.15) is 48.9 Å². The summed E-state index contributed by atoms with van der Waals surface area (Å²) in [4.78, 5) is 27.5. The van der Waals surface area contributed by atoms with Crippen molar-refractivity contribution in [3.8, 4) is 0 Å². The lowest BCUT2D eigenvalue weighted by Crippen LogP contribution is -2.48. The van der Waals surface area contributed by atoms with E-state index in [0.29, 0.717) is 18.1 Å². The molecule has 2 aromatic carbocycles. The fourth-order valence-corrected chi connectivity index (χ4v) is 3.48. The second-order valence-electron chi connectivity index (χ2n) is 7.64. The molecule has 5 heteroatoms. The third-order valence-electron chi connectivity index (χ3n) is 4.90. The topological polar surface area (TPSA) is 49.4 Å². The number of benzene rings is 2.